The summed E-state index contributed by atoms with van der Waals surface area (Å²) in [7, 11) is 0. The van der Waals surface area contributed by atoms with Gasteiger partial charge in [0.15, 0.2) is 11.6 Å². The summed E-state index contributed by atoms with van der Waals surface area (Å²) in [5.74, 6) is -2.77. The molecule has 1 amide bonds. The molecule has 0 radical (unpaired) electrons. The predicted octanol–water partition coefficient (Wildman–Crippen LogP) is 3.13. The zero-order valence-corrected chi connectivity index (χ0v) is 13.9. The van der Waals surface area contributed by atoms with Crippen molar-refractivity contribution in [3.63, 3.8) is 0 Å². The van der Waals surface area contributed by atoms with E-state index in [4.69, 9.17) is 4.74 Å². The van der Waals surface area contributed by atoms with Crippen molar-refractivity contribution in [1.82, 2.24) is 5.32 Å². The maximum Gasteiger partial charge on any atom is 0.311 e. The number of nitrogens with one attached hydrogen (secondary N) is 1. The maximum absolute atomic E-state index is 13.3. The Hall–Kier alpha value is -2.18. The molecule has 0 aliphatic heterocycles. The molecule has 1 rings (SSSR count). The van der Waals surface area contributed by atoms with Crippen molar-refractivity contribution >= 4 is 11.9 Å². The van der Waals surface area contributed by atoms with Gasteiger partial charge in [0.1, 0.15) is 5.82 Å². The molecule has 0 saturated heterocycles. The van der Waals surface area contributed by atoms with Crippen molar-refractivity contribution < 1.29 is 28.2 Å². The number of carbonyl (C=O) groups excluding carboxylic acids is 1. The Balaban J connectivity index is 2.35. The molecule has 0 aliphatic rings. The summed E-state index contributed by atoms with van der Waals surface area (Å²) in [6.07, 6.45) is 1.31. The number of rotatable bonds is 10. The zero-order valence-electron chi connectivity index (χ0n) is 13.9. The van der Waals surface area contributed by atoms with Gasteiger partial charge in [-0.15, -0.1) is 0 Å². The first-order valence-corrected chi connectivity index (χ1v) is 7.92. The number of halogens is 2. The van der Waals surface area contributed by atoms with E-state index >= 15 is 0 Å². The summed E-state index contributed by atoms with van der Waals surface area (Å²) in [4.78, 5) is 23.1. The smallest absolute Gasteiger partial charge is 0.311 e. The molecule has 0 heterocycles. The molecule has 0 aromatic heterocycles. The number of hydrogen-bond donors (Lipinski definition) is 2. The van der Waals surface area contributed by atoms with Crippen molar-refractivity contribution in [2.75, 3.05) is 13.2 Å². The van der Waals surface area contributed by atoms with E-state index in [1.54, 1.807) is 13.8 Å². The third-order valence-corrected chi connectivity index (χ3v) is 4.13. The number of carboxylic acids is 1. The standard InChI is InChI=1S/C17H23F2NO4/c1-3-17(4-2,16(22)23)11-20-15(21)6-5-9-24-14-8-7-12(18)10-13(14)19/h7-8,10H,3-6,9,11H2,1-2H3,(H,20,21)(H,22,23). The van der Waals surface area contributed by atoms with Gasteiger partial charge < -0.3 is 15.2 Å². The lowest BCUT2D eigenvalue weighted by Crippen LogP contribution is -2.42. The molecule has 1 aromatic rings. The van der Waals surface area contributed by atoms with Gasteiger partial charge in [0.2, 0.25) is 5.91 Å². The first-order chi connectivity index (χ1) is 11.3. The van der Waals surface area contributed by atoms with Crippen LogP contribution in [0.25, 0.3) is 0 Å². The second-order valence-corrected chi connectivity index (χ2v) is 5.60. The van der Waals surface area contributed by atoms with Crippen molar-refractivity contribution in [1.29, 1.82) is 0 Å². The van der Waals surface area contributed by atoms with Gasteiger partial charge in [0.05, 0.1) is 12.0 Å². The van der Waals surface area contributed by atoms with Gasteiger partial charge in [-0.25, -0.2) is 8.78 Å². The fraction of sp³-hybridized carbons (Fsp3) is 0.529. The largest absolute Gasteiger partial charge is 0.491 e. The van der Waals surface area contributed by atoms with Crippen molar-refractivity contribution in [3.8, 4) is 5.75 Å². The van der Waals surface area contributed by atoms with E-state index in [1.807, 2.05) is 0 Å². The number of carbonyl (C=O) groups is 2. The highest BCUT2D eigenvalue weighted by Crippen LogP contribution is 2.25. The summed E-state index contributed by atoms with van der Waals surface area (Å²) in [5.41, 5.74) is -0.955. The summed E-state index contributed by atoms with van der Waals surface area (Å²) >= 11 is 0. The zero-order chi connectivity index (χ0) is 18.2. The Kier molecular flexibility index (Phi) is 7.61. The second-order valence-electron chi connectivity index (χ2n) is 5.60. The van der Waals surface area contributed by atoms with Crippen LogP contribution in [0.1, 0.15) is 39.5 Å². The minimum Gasteiger partial charge on any atom is -0.491 e. The molecule has 0 atom stereocenters. The monoisotopic (exact) mass is 343 g/mol. The Morgan fingerprint density at radius 2 is 1.92 bits per heavy atom. The third kappa shape index (κ3) is 5.47. The van der Waals surface area contributed by atoms with Gasteiger partial charge >= 0.3 is 5.97 Å². The van der Waals surface area contributed by atoms with Crippen LogP contribution in [-0.4, -0.2) is 30.1 Å². The number of benzene rings is 1. The normalized spacial score (nSPS) is 11.2. The first-order valence-electron chi connectivity index (χ1n) is 7.92. The van der Waals surface area contributed by atoms with Crippen LogP contribution >= 0.6 is 0 Å². The highest BCUT2D eigenvalue weighted by molar-refractivity contribution is 5.79. The number of ether oxygens (including phenoxy) is 1. The molecule has 0 fully saturated rings. The van der Waals surface area contributed by atoms with Gasteiger partial charge in [-0.3, -0.25) is 9.59 Å². The van der Waals surface area contributed by atoms with E-state index in [-0.39, 0.29) is 31.2 Å². The van der Waals surface area contributed by atoms with E-state index in [1.165, 1.54) is 6.07 Å². The van der Waals surface area contributed by atoms with E-state index in [9.17, 15) is 23.5 Å². The second kappa shape index (κ2) is 9.20. The lowest BCUT2D eigenvalue weighted by molar-refractivity contribution is -0.149. The van der Waals surface area contributed by atoms with Crippen LogP contribution < -0.4 is 10.1 Å². The molecule has 0 bridgehead atoms. The quantitative estimate of drug-likeness (QED) is 0.640. The highest BCUT2D eigenvalue weighted by Gasteiger charge is 2.34. The molecule has 0 saturated carbocycles. The van der Waals surface area contributed by atoms with Gasteiger partial charge in [-0.1, -0.05) is 13.8 Å². The van der Waals surface area contributed by atoms with E-state index < -0.39 is 23.0 Å². The summed E-state index contributed by atoms with van der Waals surface area (Å²) in [6.45, 7) is 3.72. The van der Waals surface area contributed by atoms with Gasteiger partial charge in [0.25, 0.3) is 0 Å². The van der Waals surface area contributed by atoms with Crippen molar-refractivity contribution in [2.24, 2.45) is 5.41 Å². The molecule has 0 aliphatic carbocycles. The summed E-state index contributed by atoms with van der Waals surface area (Å²) < 4.78 is 31.2. The SMILES string of the molecule is CCC(CC)(CNC(=O)CCCOc1ccc(F)cc1F)C(=O)O. The van der Waals surface area contributed by atoms with Crippen LogP contribution in [0.2, 0.25) is 0 Å². The summed E-state index contributed by atoms with van der Waals surface area (Å²) in [6, 6.07) is 3.00. The lowest BCUT2D eigenvalue weighted by Gasteiger charge is -2.26. The molecule has 0 unspecified atom stereocenters. The number of hydrogen-bond acceptors (Lipinski definition) is 3. The van der Waals surface area contributed by atoms with Gasteiger partial charge in [-0.2, -0.15) is 0 Å². The van der Waals surface area contributed by atoms with E-state index in [0.717, 1.165) is 12.1 Å². The molecular formula is C17H23F2NO4. The Morgan fingerprint density at radius 3 is 2.46 bits per heavy atom. The molecule has 0 spiro atoms. The van der Waals surface area contributed by atoms with Crippen LogP contribution in [0.4, 0.5) is 8.78 Å². The fourth-order valence-electron chi connectivity index (χ4n) is 2.24. The number of aliphatic carboxylic acids is 1. The summed E-state index contributed by atoms with van der Waals surface area (Å²) in [5, 5.41) is 11.9. The van der Waals surface area contributed by atoms with Gasteiger partial charge in [0, 0.05) is 19.0 Å². The number of carboxylic acid groups (broad SMARTS) is 1. The highest BCUT2D eigenvalue weighted by atomic mass is 19.1. The average Bonchev–Trinajstić information content (AvgIpc) is 2.54. The van der Waals surface area contributed by atoms with Crippen LogP contribution in [0.15, 0.2) is 18.2 Å². The Bertz CT molecular complexity index is 574. The molecule has 24 heavy (non-hydrogen) atoms. The van der Waals surface area contributed by atoms with Crippen LogP contribution in [-0.2, 0) is 9.59 Å². The molecule has 2 N–H and O–H groups in total. The van der Waals surface area contributed by atoms with Crippen molar-refractivity contribution in [2.45, 2.75) is 39.5 Å². The molecular weight excluding hydrogens is 320 g/mol. The van der Waals surface area contributed by atoms with Crippen LogP contribution in [0.5, 0.6) is 5.75 Å². The minimum atomic E-state index is -0.955. The molecule has 134 valence electrons. The molecule has 5 nitrogen and oxygen atoms in total. The fourth-order valence-corrected chi connectivity index (χ4v) is 2.24. The van der Waals surface area contributed by atoms with Crippen molar-refractivity contribution in [3.05, 3.63) is 29.8 Å². The Labute approximate surface area is 140 Å². The lowest BCUT2D eigenvalue weighted by atomic mass is 9.82. The third-order valence-electron chi connectivity index (χ3n) is 4.13. The molecule has 7 heteroatoms. The first kappa shape index (κ1) is 19.9. The topological polar surface area (TPSA) is 75.6 Å². The predicted molar refractivity (Wildman–Crippen MR) is 84.7 cm³/mol. The number of amides is 1. The van der Waals surface area contributed by atoms with E-state index in [0.29, 0.717) is 19.3 Å². The maximum atomic E-state index is 13.3. The Morgan fingerprint density at radius 1 is 1.25 bits per heavy atom. The van der Waals surface area contributed by atoms with E-state index in [2.05, 4.69) is 5.32 Å². The van der Waals surface area contributed by atoms with Gasteiger partial charge in [-0.05, 0) is 31.4 Å². The molecule has 1 aromatic carbocycles. The minimum absolute atomic E-state index is 0.0707. The van der Waals surface area contributed by atoms with Crippen LogP contribution in [0.3, 0.4) is 0 Å². The average molecular weight is 343 g/mol. The van der Waals surface area contributed by atoms with Crippen LogP contribution in [0, 0.1) is 17.0 Å².